The van der Waals surface area contributed by atoms with Gasteiger partial charge in [0.25, 0.3) is 0 Å². The number of aryl methyl sites for hydroxylation is 1. The smallest absolute Gasteiger partial charge is 0.310 e. The number of hydrogen-bond donors (Lipinski definition) is 1. The minimum Gasteiger partial charge on any atom is -0.491 e. The SMILES string of the molecule is Cc1cccc(CCOc2cc(C(=O)CC3(C(=O)O)Cc4ccccc4C3)ccc2N(C)C)c1. The molecule has 0 saturated carbocycles. The number of fused-ring (bicyclic) bond motifs is 1. The third-order valence-electron chi connectivity index (χ3n) is 6.62. The molecule has 0 heterocycles. The van der Waals surface area contributed by atoms with E-state index >= 15 is 0 Å². The second kappa shape index (κ2) is 9.72. The van der Waals surface area contributed by atoms with E-state index in [-0.39, 0.29) is 12.2 Å². The van der Waals surface area contributed by atoms with Gasteiger partial charge in [-0.1, -0.05) is 54.1 Å². The molecule has 0 aromatic heterocycles. The van der Waals surface area contributed by atoms with Crippen molar-refractivity contribution in [3.63, 3.8) is 0 Å². The first-order valence-corrected chi connectivity index (χ1v) is 11.6. The predicted octanol–water partition coefficient (Wildman–Crippen LogP) is 5.13. The van der Waals surface area contributed by atoms with Crippen LogP contribution in [0.2, 0.25) is 0 Å². The maximum atomic E-state index is 13.3. The number of anilines is 1. The summed E-state index contributed by atoms with van der Waals surface area (Å²) in [7, 11) is 3.86. The number of rotatable bonds is 9. The van der Waals surface area contributed by atoms with Crippen LogP contribution in [0.1, 0.15) is 39.0 Å². The number of nitrogens with zero attached hydrogens (tertiary/aromatic N) is 1. The Morgan fingerprint density at radius 2 is 1.68 bits per heavy atom. The van der Waals surface area contributed by atoms with Crippen molar-refractivity contribution in [1.82, 2.24) is 0 Å². The first kappa shape index (κ1) is 23.6. The van der Waals surface area contributed by atoms with Gasteiger partial charge in [0.05, 0.1) is 17.7 Å². The second-order valence-corrected chi connectivity index (χ2v) is 9.47. The number of hydrogen-bond acceptors (Lipinski definition) is 4. The van der Waals surface area contributed by atoms with Crippen LogP contribution >= 0.6 is 0 Å². The molecule has 5 heteroatoms. The number of benzene rings is 3. The van der Waals surface area contributed by atoms with E-state index in [1.165, 1.54) is 11.1 Å². The Bertz CT molecular complexity index is 1190. The zero-order valence-corrected chi connectivity index (χ0v) is 20.0. The van der Waals surface area contributed by atoms with Crippen LogP contribution in [-0.2, 0) is 24.1 Å². The largest absolute Gasteiger partial charge is 0.491 e. The lowest BCUT2D eigenvalue weighted by atomic mass is 9.79. The summed E-state index contributed by atoms with van der Waals surface area (Å²) < 4.78 is 6.12. The number of carbonyl (C=O) groups is 2. The van der Waals surface area contributed by atoms with Gasteiger partial charge in [0.2, 0.25) is 0 Å². The molecule has 0 atom stereocenters. The molecule has 0 aliphatic heterocycles. The Hall–Kier alpha value is -3.60. The average Bonchev–Trinajstić information content (AvgIpc) is 3.18. The Labute approximate surface area is 201 Å². The van der Waals surface area contributed by atoms with Crippen LogP contribution < -0.4 is 9.64 Å². The lowest BCUT2D eigenvalue weighted by Crippen LogP contribution is -2.34. The maximum Gasteiger partial charge on any atom is 0.310 e. The van der Waals surface area contributed by atoms with E-state index in [1.54, 1.807) is 12.1 Å². The summed E-state index contributed by atoms with van der Waals surface area (Å²) in [5.74, 6) is -0.469. The summed E-state index contributed by atoms with van der Waals surface area (Å²) in [5, 5.41) is 10.1. The molecular formula is C29H31NO4. The van der Waals surface area contributed by atoms with Gasteiger partial charge in [0.15, 0.2) is 5.78 Å². The van der Waals surface area contributed by atoms with Gasteiger partial charge in [0.1, 0.15) is 5.75 Å². The highest BCUT2D eigenvalue weighted by Crippen LogP contribution is 2.41. The van der Waals surface area contributed by atoms with E-state index in [9.17, 15) is 14.7 Å². The molecule has 3 aromatic rings. The molecule has 5 nitrogen and oxygen atoms in total. The minimum atomic E-state index is -1.10. The van der Waals surface area contributed by atoms with Crippen molar-refractivity contribution < 1.29 is 19.4 Å². The molecule has 1 aliphatic rings. The molecule has 4 rings (SSSR count). The number of carboxylic acid groups (broad SMARTS) is 1. The second-order valence-electron chi connectivity index (χ2n) is 9.47. The summed E-state index contributed by atoms with van der Waals surface area (Å²) in [5.41, 5.74) is 4.69. The van der Waals surface area contributed by atoms with E-state index in [0.29, 0.717) is 30.8 Å². The quantitative estimate of drug-likeness (QED) is 0.452. The molecule has 0 unspecified atom stereocenters. The van der Waals surface area contributed by atoms with Gasteiger partial charge >= 0.3 is 5.97 Å². The number of carbonyl (C=O) groups excluding carboxylic acids is 1. The van der Waals surface area contributed by atoms with E-state index in [4.69, 9.17) is 4.74 Å². The van der Waals surface area contributed by atoms with Gasteiger partial charge in [-0.3, -0.25) is 9.59 Å². The number of Topliss-reactive ketones (excluding diaryl/α,β-unsaturated/α-hetero) is 1. The molecule has 1 aliphatic carbocycles. The average molecular weight is 458 g/mol. The highest BCUT2D eigenvalue weighted by Gasteiger charge is 2.45. The normalized spacial score (nSPS) is 13.9. The lowest BCUT2D eigenvalue weighted by Gasteiger charge is -2.24. The molecular weight excluding hydrogens is 426 g/mol. The van der Waals surface area contributed by atoms with Gasteiger partial charge < -0.3 is 14.7 Å². The summed E-state index contributed by atoms with van der Waals surface area (Å²) >= 11 is 0. The summed E-state index contributed by atoms with van der Waals surface area (Å²) in [6.07, 6.45) is 1.47. The Morgan fingerprint density at radius 1 is 0.971 bits per heavy atom. The van der Waals surface area contributed by atoms with Gasteiger partial charge in [0, 0.05) is 32.5 Å². The standard InChI is InChI=1S/C29H31NO4/c1-20-7-6-8-21(15-20)13-14-34-27-16-22(11-12-25(27)30(2)3)26(31)19-29(28(32)33)17-23-9-4-5-10-24(23)18-29/h4-12,15-16H,13-14,17-19H2,1-3H3,(H,32,33). The minimum absolute atomic E-state index is 0.0406. The van der Waals surface area contributed by atoms with Crippen LogP contribution in [0, 0.1) is 12.3 Å². The molecule has 0 spiro atoms. The van der Waals surface area contributed by atoms with Crippen molar-refractivity contribution in [2.45, 2.75) is 32.6 Å². The topological polar surface area (TPSA) is 66.8 Å². The Balaban J connectivity index is 1.52. The fourth-order valence-corrected chi connectivity index (χ4v) is 4.77. The van der Waals surface area contributed by atoms with Crippen molar-refractivity contribution in [3.05, 3.63) is 94.5 Å². The summed E-state index contributed by atoms with van der Waals surface area (Å²) in [6.45, 7) is 2.55. The first-order chi connectivity index (χ1) is 16.3. The molecule has 0 amide bonds. The first-order valence-electron chi connectivity index (χ1n) is 11.6. The van der Waals surface area contributed by atoms with Crippen molar-refractivity contribution in [2.75, 3.05) is 25.6 Å². The molecule has 0 saturated heterocycles. The number of ketones is 1. The lowest BCUT2D eigenvalue weighted by molar-refractivity contribution is -0.148. The van der Waals surface area contributed by atoms with E-state index in [1.807, 2.05) is 55.4 Å². The Morgan fingerprint density at radius 3 is 2.29 bits per heavy atom. The third-order valence-corrected chi connectivity index (χ3v) is 6.62. The zero-order valence-electron chi connectivity index (χ0n) is 20.0. The number of aliphatic carboxylic acids is 1. The zero-order chi connectivity index (χ0) is 24.3. The van der Waals surface area contributed by atoms with Crippen LogP contribution in [0.3, 0.4) is 0 Å². The third kappa shape index (κ3) is 4.98. The monoisotopic (exact) mass is 457 g/mol. The van der Waals surface area contributed by atoms with Crippen LogP contribution in [0.25, 0.3) is 0 Å². The van der Waals surface area contributed by atoms with Gasteiger partial charge in [-0.25, -0.2) is 0 Å². The molecule has 3 aromatic carbocycles. The summed E-state index contributed by atoms with van der Waals surface area (Å²) in [4.78, 5) is 27.5. The van der Waals surface area contributed by atoms with Crippen molar-refractivity contribution >= 4 is 17.4 Å². The fraction of sp³-hybridized carbons (Fsp3) is 0.310. The number of carboxylic acids is 1. The number of ether oxygens (including phenoxy) is 1. The maximum absolute atomic E-state index is 13.3. The van der Waals surface area contributed by atoms with Crippen LogP contribution in [0.15, 0.2) is 66.7 Å². The fourth-order valence-electron chi connectivity index (χ4n) is 4.77. The molecule has 176 valence electrons. The van der Waals surface area contributed by atoms with Crippen molar-refractivity contribution in [1.29, 1.82) is 0 Å². The predicted molar refractivity (Wildman–Crippen MR) is 134 cm³/mol. The molecule has 0 radical (unpaired) electrons. The Kier molecular flexibility index (Phi) is 6.73. The van der Waals surface area contributed by atoms with Crippen LogP contribution in [-0.4, -0.2) is 37.6 Å². The van der Waals surface area contributed by atoms with Crippen LogP contribution in [0.5, 0.6) is 5.75 Å². The summed E-state index contributed by atoms with van der Waals surface area (Å²) in [6, 6.07) is 21.5. The van der Waals surface area contributed by atoms with Gasteiger partial charge in [-0.05, 0) is 54.7 Å². The van der Waals surface area contributed by atoms with E-state index in [2.05, 4.69) is 25.1 Å². The highest BCUT2D eigenvalue weighted by molar-refractivity contribution is 6.00. The van der Waals surface area contributed by atoms with E-state index in [0.717, 1.165) is 23.2 Å². The molecule has 0 bridgehead atoms. The highest BCUT2D eigenvalue weighted by atomic mass is 16.5. The van der Waals surface area contributed by atoms with Crippen LogP contribution in [0.4, 0.5) is 5.69 Å². The van der Waals surface area contributed by atoms with Gasteiger partial charge in [-0.15, -0.1) is 0 Å². The van der Waals surface area contributed by atoms with Crippen molar-refractivity contribution in [2.24, 2.45) is 5.41 Å². The van der Waals surface area contributed by atoms with Crippen molar-refractivity contribution in [3.8, 4) is 5.75 Å². The molecule has 0 fully saturated rings. The van der Waals surface area contributed by atoms with E-state index < -0.39 is 11.4 Å². The molecule has 1 N–H and O–H groups in total. The molecule has 34 heavy (non-hydrogen) atoms. The van der Waals surface area contributed by atoms with Gasteiger partial charge in [-0.2, -0.15) is 0 Å².